The molecular weight excluding hydrogens is 332 g/mol. The van der Waals surface area contributed by atoms with Crippen LogP contribution in [-0.2, 0) is 4.79 Å². The van der Waals surface area contributed by atoms with E-state index in [1.165, 1.54) is 18.3 Å². The van der Waals surface area contributed by atoms with Crippen LogP contribution in [0.5, 0.6) is 0 Å². The molecule has 0 aliphatic heterocycles. The van der Waals surface area contributed by atoms with Crippen LogP contribution < -0.4 is 10.7 Å². The van der Waals surface area contributed by atoms with E-state index in [1.807, 2.05) is 66.9 Å². The third kappa shape index (κ3) is 4.51. The maximum absolute atomic E-state index is 11.1. The summed E-state index contributed by atoms with van der Waals surface area (Å²) < 4.78 is 0. The predicted octanol–water partition coefficient (Wildman–Crippen LogP) is 4.60. The first-order chi connectivity index (χ1) is 12.1. The summed E-state index contributed by atoms with van der Waals surface area (Å²) in [4.78, 5) is 15.6. The summed E-state index contributed by atoms with van der Waals surface area (Å²) >= 11 is 1.50. The Kier molecular flexibility index (Phi) is 5.20. The standard InChI is InChI=1S/C19H18N4OS/c1-13(15-6-4-3-5-7-15)22-23-19-21-18(12-25-19)16-8-10-17(11-9-16)20-14(2)24/h3-12H,1-2H3,(H,20,24)(H,21,23)/b22-13-. The second-order valence-corrected chi connectivity index (χ2v) is 6.33. The highest BCUT2D eigenvalue weighted by atomic mass is 32.1. The van der Waals surface area contributed by atoms with E-state index < -0.39 is 0 Å². The quantitative estimate of drug-likeness (QED) is 0.522. The monoisotopic (exact) mass is 350 g/mol. The molecule has 2 aromatic carbocycles. The molecule has 1 heterocycles. The molecule has 25 heavy (non-hydrogen) atoms. The van der Waals surface area contributed by atoms with Gasteiger partial charge in [0, 0.05) is 23.6 Å². The van der Waals surface area contributed by atoms with Crippen molar-refractivity contribution in [3.8, 4) is 11.3 Å². The molecule has 0 saturated carbocycles. The van der Waals surface area contributed by atoms with Crippen molar-refractivity contribution in [3.63, 3.8) is 0 Å². The highest BCUT2D eigenvalue weighted by Crippen LogP contribution is 2.26. The molecule has 0 atom stereocenters. The number of hydrazone groups is 1. The fraction of sp³-hybridized carbons (Fsp3) is 0.105. The Labute approximate surface area is 150 Å². The van der Waals surface area contributed by atoms with E-state index in [-0.39, 0.29) is 5.91 Å². The van der Waals surface area contributed by atoms with E-state index in [4.69, 9.17) is 0 Å². The van der Waals surface area contributed by atoms with Gasteiger partial charge in [0.25, 0.3) is 0 Å². The topological polar surface area (TPSA) is 66.4 Å². The van der Waals surface area contributed by atoms with Gasteiger partial charge in [0.05, 0.1) is 11.4 Å². The number of carbonyl (C=O) groups is 1. The van der Waals surface area contributed by atoms with Gasteiger partial charge in [-0.25, -0.2) is 4.98 Å². The lowest BCUT2D eigenvalue weighted by Crippen LogP contribution is -2.05. The lowest BCUT2D eigenvalue weighted by Gasteiger charge is -2.03. The van der Waals surface area contributed by atoms with E-state index in [1.54, 1.807) is 0 Å². The molecule has 6 heteroatoms. The van der Waals surface area contributed by atoms with Gasteiger partial charge in [-0.05, 0) is 24.6 Å². The minimum Gasteiger partial charge on any atom is -0.326 e. The number of hydrogen-bond donors (Lipinski definition) is 2. The molecule has 126 valence electrons. The Hall–Kier alpha value is -2.99. The van der Waals surface area contributed by atoms with Crippen molar-refractivity contribution in [2.24, 2.45) is 5.10 Å². The molecule has 0 aliphatic carbocycles. The molecule has 0 spiro atoms. The highest BCUT2D eigenvalue weighted by molar-refractivity contribution is 7.14. The number of nitrogens with one attached hydrogen (secondary N) is 2. The second-order valence-electron chi connectivity index (χ2n) is 5.47. The third-order valence-corrected chi connectivity index (χ3v) is 4.26. The summed E-state index contributed by atoms with van der Waals surface area (Å²) in [7, 11) is 0. The van der Waals surface area contributed by atoms with E-state index in [0.717, 1.165) is 33.4 Å². The molecule has 0 bridgehead atoms. The minimum absolute atomic E-state index is 0.0838. The smallest absolute Gasteiger partial charge is 0.221 e. The Bertz CT molecular complexity index is 885. The average molecular weight is 350 g/mol. The van der Waals surface area contributed by atoms with Crippen LogP contribution in [0.4, 0.5) is 10.8 Å². The lowest BCUT2D eigenvalue weighted by atomic mass is 10.1. The van der Waals surface area contributed by atoms with Gasteiger partial charge in [0.1, 0.15) is 0 Å². The summed E-state index contributed by atoms with van der Waals surface area (Å²) in [6.45, 7) is 3.45. The molecule has 0 radical (unpaired) electrons. The lowest BCUT2D eigenvalue weighted by molar-refractivity contribution is -0.114. The molecule has 1 amide bonds. The van der Waals surface area contributed by atoms with Crippen LogP contribution in [0.25, 0.3) is 11.3 Å². The van der Waals surface area contributed by atoms with Crippen LogP contribution in [0, 0.1) is 0 Å². The number of hydrogen-bond acceptors (Lipinski definition) is 5. The van der Waals surface area contributed by atoms with Crippen LogP contribution in [-0.4, -0.2) is 16.6 Å². The summed E-state index contributed by atoms with van der Waals surface area (Å²) in [5, 5.41) is 9.84. The number of anilines is 2. The van der Waals surface area contributed by atoms with Crippen LogP contribution in [0.3, 0.4) is 0 Å². The van der Waals surface area contributed by atoms with Gasteiger partial charge < -0.3 is 5.32 Å². The van der Waals surface area contributed by atoms with Crippen molar-refractivity contribution in [1.29, 1.82) is 0 Å². The van der Waals surface area contributed by atoms with Crippen molar-refractivity contribution in [2.45, 2.75) is 13.8 Å². The zero-order valence-electron chi connectivity index (χ0n) is 14.0. The first-order valence-corrected chi connectivity index (χ1v) is 8.69. The maximum atomic E-state index is 11.1. The number of thiazole rings is 1. The number of nitrogens with zero attached hydrogens (tertiary/aromatic N) is 2. The molecule has 2 N–H and O–H groups in total. The van der Waals surface area contributed by atoms with Gasteiger partial charge in [0.15, 0.2) is 0 Å². The van der Waals surface area contributed by atoms with Crippen molar-refractivity contribution in [2.75, 3.05) is 10.7 Å². The first kappa shape index (κ1) is 16.9. The normalized spacial score (nSPS) is 11.2. The fourth-order valence-corrected chi connectivity index (χ4v) is 2.92. The molecule has 0 unspecified atom stereocenters. The van der Waals surface area contributed by atoms with E-state index in [9.17, 15) is 4.79 Å². The Morgan fingerprint density at radius 1 is 1.04 bits per heavy atom. The zero-order valence-corrected chi connectivity index (χ0v) is 14.8. The average Bonchev–Trinajstić information content (AvgIpc) is 3.09. The van der Waals surface area contributed by atoms with Gasteiger partial charge in [-0.2, -0.15) is 5.10 Å². The largest absolute Gasteiger partial charge is 0.326 e. The zero-order chi connectivity index (χ0) is 17.6. The van der Waals surface area contributed by atoms with Crippen molar-refractivity contribution in [3.05, 3.63) is 65.5 Å². The van der Waals surface area contributed by atoms with E-state index in [0.29, 0.717) is 0 Å². The number of rotatable bonds is 5. The van der Waals surface area contributed by atoms with Crippen LogP contribution in [0.15, 0.2) is 65.1 Å². The predicted molar refractivity (Wildman–Crippen MR) is 104 cm³/mol. The SMILES string of the molecule is CC(=O)Nc1ccc(-c2csc(N/N=C(/C)c3ccccc3)n2)cc1. The number of amides is 1. The summed E-state index contributed by atoms with van der Waals surface area (Å²) in [6.07, 6.45) is 0. The molecule has 3 rings (SSSR count). The van der Waals surface area contributed by atoms with Crippen LogP contribution in [0.2, 0.25) is 0 Å². The van der Waals surface area contributed by atoms with Crippen molar-refractivity contribution in [1.82, 2.24) is 4.98 Å². The third-order valence-electron chi connectivity index (χ3n) is 3.52. The molecule has 5 nitrogen and oxygen atoms in total. The van der Waals surface area contributed by atoms with Gasteiger partial charge >= 0.3 is 0 Å². The van der Waals surface area contributed by atoms with Crippen molar-refractivity contribution < 1.29 is 4.79 Å². The number of carbonyl (C=O) groups excluding carboxylic acids is 1. The fourth-order valence-electron chi connectivity index (χ4n) is 2.26. The summed E-state index contributed by atoms with van der Waals surface area (Å²) in [5.74, 6) is -0.0838. The van der Waals surface area contributed by atoms with E-state index in [2.05, 4.69) is 20.8 Å². The molecule has 3 aromatic rings. The van der Waals surface area contributed by atoms with Crippen LogP contribution >= 0.6 is 11.3 Å². The Morgan fingerprint density at radius 2 is 1.76 bits per heavy atom. The Morgan fingerprint density at radius 3 is 2.44 bits per heavy atom. The van der Waals surface area contributed by atoms with Gasteiger partial charge in [-0.1, -0.05) is 42.5 Å². The number of benzene rings is 2. The number of aromatic nitrogens is 1. The molecule has 0 fully saturated rings. The highest BCUT2D eigenvalue weighted by Gasteiger charge is 2.05. The molecule has 0 aliphatic rings. The first-order valence-electron chi connectivity index (χ1n) is 7.81. The minimum atomic E-state index is -0.0838. The molecular formula is C19H18N4OS. The van der Waals surface area contributed by atoms with Crippen LogP contribution in [0.1, 0.15) is 19.4 Å². The molecule has 0 saturated heterocycles. The summed E-state index contributed by atoms with van der Waals surface area (Å²) in [6, 6.07) is 17.6. The summed E-state index contributed by atoms with van der Waals surface area (Å²) in [5.41, 5.74) is 7.61. The van der Waals surface area contributed by atoms with Gasteiger partial charge in [-0.3, -0.25) is 10.2 Å². The van der Waals surface area contributed by atoms with Gasteiger partial charge in [0.2, 0.25) is 11.0 Å². The second kappa shape index (κ2) is 7.72. The maximum Gasteiger partial charge on any atom is 0.221 e. The Balaban J connectivity index is 1.69. The van der Waals surface area contributed by atoms with Crippen molar-refractivity contribution >= 4 is 33.8 Å². The van der Waals surface area contributed by atoms with E-state index >= 15 is 0 Å². The van der Waals surface area contributed by atoms with Gasteiger partial charge in [-0.15, -0.1) is 11.3 Å². The molecule has 1 aromatic heterocycles.